The normalized spacial score (nSPS) is 13.6. The lowest BCUT2D eigenvalue weighted by molar-refractivity contribution is -0.305. The quantitative estimate of drug-likeness (QED) is 0.616. The molecule has 1 atom stereocenters. The molecule has 0 bridgehead atoms. The third-order valence-corrected chi connectivity index (χ3v) is 3.65. The molecule has 1 N–H and O–H groups in total. The summed E-state index contributed by atoms with van der Waals surface area (Å²) in [6.07, 6.45) is -15.4. The number of aromatic nitrogens is 2. The average molecular weight is 390 g/mol. The number of alkyl halides is 6. The highest BCUT2D eigenvalue weighted by atomic mass is 19.4. The predicted molar refractivity (Wildman–Crippen MR) is 84.6 cm³/mol. The minimum atomic E-state index is -5.77. The van der Waals surface area contributed by atoms with Crippen LogP contribution in [0.15, 0.2) is 42.5 Å². The Morgan fingerprint density at radius 3 is 2.33 bits per heavy atom. The van der Waals surface area contributed by atoms with Crippen molar-refractivity contribution < 1.29 is 35.8 Å². The van der Waals surface area contributed by atoms with Crippen LogP contribution in [-0.4, -0.2) is 35.5 Å². The van der Waals surface area contributed by atoms with Crippen LogP contribution in [0.5, 0.6) is 11.5 Å². The monoisotopic (exact) mass is 390 g/mol. The summed E-state index contributed by atoms with van der Waals surface area (Å²) in [6.45, 7) is 0. The van der Waals surface area contributed by atoms with E-state index >= 15 is 0 Å². The second-order valence-electron chi connectivity index (χ2n) is 5.54. The van der Waals surface area contributed by atoms with Gasteiger partial charge in [-0.05, 0) is 30.3 Å². The number of fused-ring (bicyclic) bond motifs is 1. The lowest BCUT2D eigenvalue weighted by atomic mass is 10.2. The van der Waals surface area contributed by atoms with Gasteiger partial charge >= 0.3 is 12.3 Å². The van der Waals surface area contributed by atoms with E-state index in [4.69, 9.17) is 4.74 Å². The van der Waals surface area contributed by atoms with E-state index in [1.54, 1.807) is 24.3 Å². The van der Waals surface area contributed by atoms with Crippen LogP contribution < -0.4 is 9.47 Å². The SMILES string of the molecule is COc1cc(-c2nc3ccccc3[nH]2)ccc1OC(F)(F)C(F)C(F)(F)F. The maximum Gasteiger partial charge on any atom is 0.439 e. The van der Waals surface area contributed by atoms with Crippen molar-refractivity contribution in [1.29, 1.82) is 0 Å². The van der Waals surface area contributed by atoms with Crippen LogP contribution >= 0.6 is 0 Å². The van der Waals surface area contributed by atoms with Crippen LogP contribution in [0.2, 0.25) is 0 Å². The van der Waals surface area contributed by atoms with Crippen molar-refractivity contribution in [2.75, 3.05) is 7.11 Å². The summed E-state index contributed by atoms with van der Waals surface area (Å²) in [5.74, 6) is -0.664. The Morgan fingerprint density at radius 1 is 1.00 bits per heavy atom. The van der Waals surface area contributed by atoms with Crippen LogP contribution in [0.1, 0.15) is 0 Å². The van der Waals surface area contributed by atoms with Crippen molar-refractivity contribution in [3.05, 3.63) is 42.5 Å². The molecule has 27 heavy (non-hydrogen) atoms. The molecule has 0 saturated heterocycles. The maximum atomic E-state index is 13.5. The van der Waals surface area contributed by atoms with Crippen LogP contribution in [-0.2, 0) is 0 Å². The number of nitrogens with zero attached hydrogens (tertiary/aromatic N) is 1. The van der Waals surface area contributed by atoms with E-state index in [9.17, 15) is 26.3 Å². The molecule has 0 radical (unpaired) electrons. The van der Waals surface area contributed by atoms with Gasteiger partial charge in [0.15, 0.2) is 11.5 Å². The largest absolute Gasteiger partial charge is 0.493 e. The van der Waals surface area contributed by atoms with Gasteiger partial charge in [0.05, 0.1) is 18.1 Å². The van der Waals surface area contributed by atoms with Gasteiger partial charge in [-0.2, -0.15) is 22.0 Å². The van der Waals surface area contributed by atoms with Gasteiger partial charge in [0.1, 0.15) is 5.82 Å². The molecule has 144 valence electrons. The van der Waals surface area contributed by atoms with Crippen LogP contribution in [0.25, 0.3) is 22.4 Å². The molecule has 0 amide bonds. The van der Waals surface area contributed by atoms with E-state index in [1.165, 1.54) is 12.1 Å². The molecule has 0 aliphatic rings. The van der Waals surface area contributed by atoms with Crippen LogP contribution in [0, 0.1) is 0 Å². The zero-order valence-electron chi connectivity index (χ0n) is 13.7. The molecule has 2 aromatic carbocycles. The fourth-order valence-corrected chi connectivity index (χ4v) is 2.38. The molecule has 0 aliphatic heterocycles. The first-order valence-corrected chi connectivity index (χ1v) is 7.52. The number of halogens is 6. The number of nitrogens with one attached hydrogen (secondary N) is 1. The first-order valence-electron chi connectivity index (χ1n) is 7.52. The van der Waals surface area contributed by atoms with Crippen molar-refractivity contribution >= 4 is 11.0 Å². The van der Waals surface area contributed by atoms with Crippen LogP contribution in [0.3, 0.4) is 0 Å². The number of hydrogen-bond donors (Lipinski definition) is 1. The van der Waals surface area contributed by atoms with E-state index in [0.29, 0.717) is 16.9 Å². The smallest absolute Gasteiger partial charge is 0.439 e. The van der Waals surface area contributed by atoms with E-state index in [2.05, 4.69) is 14.7 Å². The van der Waals surface area contributed by atoms with E-state index in [0.717, 1.165) is 18.7 Å². The number of methoxy groups -OCH3 is 1. The molecular weight excluding hydrogens is 378 g/mol. The first kappa shape index (κ1) is 18.9. The van der Waals surface area contributed by atoms with Gasteiger partial charge in [0.2, 0.25) is 0 Å². The van der Waals surface area contributed by atoms with Gasteiger partial charge in [0.25, 0.3) is 6.17 Å². The van der Waals surface area contributed by atoms with Crippen molar-refractivity contribution in [1.82, 2.24) is 9.97 Å². The molecule has 3 rings (SSSR count). The highest BCUT2D eigenvalue weighted by molar-refractivity contribution is 5.79. The van der Waals surface area contributed by atoms with Gasteiger partial charge in [-0.15, -0.1) is 0 Å². The Kier molecular flexibility index (Phi) is 4.66. The predicted octanol–water partition coefficient (Wildman–Crippen LogP) is 5.11. The van der Waals surface area contributed by atoms with Crippen molar-refractivity contribution in [2.45, 2.75) is 18.5 Å². The number of ether oxygens (including phenoxy) is 2. The zero-order valence-corrected chi connectivity index (χ0v) is 13.7. The summed E-state index contributed by atoms with van der Waals surface area (Å²) < 4.78 is 85.6. The van der Waals surface area contributed by atoms with E-state index < -0.39 is 24.2 Å². The van der Waals surface area contributed by atoms with Gasteiger partial charge in [0, 0.05) is 5.56 Å². The number of para-hydroxylation sites is 2. The summed E-state index contributed by atoms with van der Waals surface area (Å²) in [7, 11) is 1.11. The fourth-order valence-electron chi connectivity index (χ4n) is 2.38. The summed E-state index contributed by atoms with van der Waals surface area (Å²) in [6, 6.07) is 10.6. The summed E-state index contributed by atoms with van der Waals surface area (Å²) in [5.41, 5.74) is 1.79. The third-order valence-electron chi connectivity index (χ3n) is 3.65. The Bertz CT molecular complexity index is 921. The molecule has 1 unspecified atom stereocenters. The lowest BCUT2D eigenvalue weighted by Crippen LogP contribution is -2.45. The van der Waals surface area contributed by atoms with Crippen molar-refractivity contribution in [3.8, 4) is 22.9 Å². The molecule has 1 aromatic heterocycles. The molecule has 0 saturated carbocycles. The van der Waals surface area contributed by atoms with Gasteiger partial charge in [-0.25, -0.2) is 9.37 Å². The number of hydrogen-bond acceptors (Lipinski definition) is 3. The zero-order chi connectivity index (χ0) is 19.8. The summed E-state index contributed by atoms with van der Waals surface area (Å²) in [5, 5.41) is 0. The highest BCUT2D eigenvalue weighted by Crippen LogP contribution is 2.40. The van der Waals surface area contributed by atoms with Gasteiger partial charge < -0.3 is 14.5 Å². The molecule has 3 aromatic rings. The number of aromatic amines is 1. The first-order chi connectivity index (χ1) is 12.6. The standard InChI is InChI=1S/C17H12F6N2O2/c1-26-13-8-9(14-24-10-4-2-3-5-11(10)25-14)6-7-12(13)27-17(22,23)15(18)16(19,20)21/h2-8,15H,1H3,(H,24,25). The number of imidazole rings is 1. The molecule has 0 fully saturated rings. The minimum absolute atomic E-state index is 0.304. The van der Waals surface area contributed by atoms with E-state index in [-0.39, 0.29) is 5.75 Å². The number of rotatable bonds is 5. The molecule has 0 spiro atoms. The fraction of sp³-hybridized carbons (Fsp3) is 0.235. The Morgan fingerprint density at radius 2 is 1.70 bits per heavy atom. The Labute approximate surface area is 148 Å². The molecule has 0 aliphatic carbocycles. The van der Waals surface area contributed by atoms with E-state index in [1.807, 2.05) is 0 Å². The number of benzene rings is 2. The lowest BCUT2D eigenvalue weighted by Gasteiger charge is -2.24. The van der Waals surface area contributed by atoms with Crippen LogP contribution in [0.4, 0.5) is 26.3 Å². The third kappa shape index (κ3) is 3.79. The molecule has 10 heteroatoms. The topological polar surface area (TPSA) is 47.1 Å². The number of H-pyrrole nitrogens is 1. The van der Waals surface area contributed by atoms with Crippen molar-refractivity contribution in [2.24, 2.45) is 0 Å². The van der Waals surface area contributed by atoms with Gasteiger partial charge in [-0.1, -0.05) is 12.1 Å². The van der Waals surface area contributed by atoms with Crippen molar-refractivity contribution in [3.63, 3.8) is 0 Å². The second-order valence-corrected chi connectivity index (χ2v) is 5.54. The second kappa shape index (κ2) is 6.67. The molecule has 1 heterocycles. The Balaban J connectivity index is 1.92. The highest BCUT2D eigenvalue weighted by Gasteiger charge is 2.59. The average Bonchev–Trinajstić information content (AvgIpc) is 3.04. The summed E-state index contributed by atoms with van der Waals surface area (Å²) in [4.78, 5) is 7.32. The molecule has 4 nitrogen and oxygen atoms in total. The maximum absolute atomic E-state index is 13.5. The van der Waals surface area contributed by atoms with Gasteiger partial charge in [-0.3, -0.25) is 0 Å². The minimum Gasteiger partial charge on any atom is -0.493 e. The summed E-state index contributed by atoms with van der Waals surface area (Å²) >= 11 is 0. The molecular formula is C17H12F6N2O2. The Hall–Kier alpha value is -2.91.